The van der Waals surface area contributed by atoms with E-state index in [1.165, 1.54) is 17.4 Å². The molecule has 1 N–H and O–H groups in total. The van der Waals surface area contributed by atoms with Crippen molar-refractivity contribution in [2.75, 3.05) is 5.32 Å². The Bertz CT molecular complexity index is 792. The fourth-order valence-corrected chi connectivity index (χ4v) is 2.95. The summed E-state index contributed by atoms with van der Waals surface area (Å²) in [6, 6.07) is 7.02. The van der Waals surface area contributed by atoms with Crippen LogP contribution >= 0.6 is 22.9 Å². The first kappa shape index (κ1) is 16.8. The zero-order valence-electron chi connectivity index (χ0n) is 12.5. The van der Waals surface area contributed by atoms with Crippen LogP contribution in [0, 0.1) is 0 Å². The highest BCUT2D eigenvalue weighted by Crippen LogP contribution is 2.29. The van der Waals surface area contributed by atoms with E-state index in [9.17, 15) is 9.18 Å². The molecule has 0 spiro atoms. The molecule has 2 aromatic rings. The Morgan fingerprint density at radius 2 is 2.38 bits per heavy atom. The SMILES string of the molecule is O=C(Nc1nccs1)C1=CC(F)(OCc2cccc(Cl)c2)CC=C1. The zero-order valence-corrected chi connectivity index (χ0v) is 14.1. The van der Waals surface area contributed by atoms with Crippen LogP contribution in [-0.4, -0.2) is 16.7 Å². The fourth-order valence-electron chi connectivity index (χ4n) is 2.21. The number of hydrogen-bond acceptors (Lipinski definition) is 4. The highest BCUT2D eigenvalue weighted by molar-refractivity contribution is 7.13. The minimum absolute atomic E-state index is 0.0433. The topological polar surface area (TPSA) is 51.2 Å². The van der Waals surface area contributed by atoms with Gasteiger partial charge in [0.2, 0.25) is 5.85 Å². The number of carbonyl (C=O) groups is 1. The molecule has 7 heteroatoms. The molecule has 1 unspecified atom stereocenters. The summed E-state index contributed by atoms with van der Waals surface area (Å²) in [6.45, 7) is 0.0583. The monoisotopic (exact) mass is 364 g/mol. The van der Waals surface area contributed by atoms with Gasteiger partial charge < -0.3 is 4.74 Å². The Hall–Kier alpha value is -2.02. The van der Waals surface area contributed by atoms with Crippen molar-refractivity contribution in [1.82, 2.24) is 4.98 Å². The fraction of sp³-hybridized carbons (Fsp3) is 0.176. The molecule has 1 amide bonds. The van der Waals surface area contributed by atoms with Crippen LogP contribution in [0.5, 0.6) is 0 Å². The van der Waals surface area contributed by atoms with Crippen LogP contribution in [0.1, 0.15) is 12.0 Å². The molecule has 1 atom stereocenters. The van der Waals surface area contributed by atoms with Crippen LogP contribution in [0.25, 0.3) is 0 Å². The molecule has 0 bridgehead atoms. The number of amides is 1. The number of nitrogens with zero attached hydrogens (tertiary/aromatic N) is 1. The summed E-state index contributed by atoms with van der Waals surface area (Å²) in [4.78, 5) is 16.1. The van der Waals surface area contributed by atoms with Gasteiger partial charge in [-0.05, 0) is 23.8 Å². The standard InChI is InChI=1S/C17H14ClFN2O2S/c18-14-5-1-3-12(9-14)11-23-17(19)6-2-4-13(10-17)15(22)21-16-20-7-8-24-16/h1-5,7-10H,6,11H2,(H,20,21,22). The lowest BCUT2D eigenvalue weighted by Crippen LogP contribution is -2.28. The van der Waals surface area contributed by atoms with E-state index in [-0.39, 0.29) is 18.6 Å². The molecule has 124 valence electrons. The van der Waals surface area contributed by atoms with Crippen molar-refractivity contribution in [2.45, 2.75) is 18.9 Å². The maximum Gasteiger partial charge on any atom is 0.257 e. The van der Waals surface area contributed by atoms with E-state index in [0.29, 0.717) is 10.2 Å². The van der Waals surface area contributed by atoms with E-state index in [0.717, 1.165) is 5.56 Å². The van der Waals surface area contributed by atoms with Crippen LogP contribution in [0.2, 0.25) is 5.02 Å². The van der Waals surface area contributed by atoms with Crippen LogP contribution < -0.4 is 5.32 Å². The quantitative estimate of drug-likeness (QED) is 0.849. The van der Waals surface area contributed by atoms with Crippen molar-refractivity contribution in [1.29, 1.82) is 0 Å². The lowest BCUT2D eigenvalue weighted by molar-refractivity contribution is -0.119. The van der Waals surface area contributed by atoms with Crippen LogP contribution in [0.3, 0.4) is 0 Å². The van der Waals surface area contributed by atoms with E-state index in [1.54, 1.807) is 48.0 Å². The predicted molar refractivity (Wildman–Crippen MR) is 92.7 cm³/mol. The third-order valence-corrected chi connectivity index (χ3v) is 4.27. The first-order chi connectivity index (χ1) is 11.5. The smallest absolute Gasteiger partial charge is 0.257 e. The van der Waals surface area contributed by atoms with Crippen molar-refractivity contribution < 1.29 is 13.9 Å². The van der Waals surface area contributed by atoms with Gasteiger partial charge in [-0.25, -0.2) is 9.37 Å². The molecule has 1 aromatic carbocycles. The highest BCUT2D eigenvalue weighted by atomic mass is 35.5. The largest absolute Gasteiger partial charge is 0.338 e. The Morgan fingerprint density at radius 3 is 3.12 bits per heavy atom. The van der Waals surface area contributed by atoms with Crippen LogP contribution in [0.15, 0.2) is 59.6 Å². The van der Waals surface area contributed by atoms with Gasteiger partial charge in [-0.15, -0.1) is 11.3 Å². The number of carbonyl (C=O) groups excluding carboxylic acids is 1. The van der Waals surface area contributed by atoms with E-state index in [1.807, 2.05) is 0 Å². The molecule has 1 aliphatic carbocycles. The molecule has 0 saturated carbocycles. The number of hydrogen-bond donors (Lipinski definition) is 1. The lowest BCUT2D eigenvalue weighted by Gasteiger charge is -2.24. The molecule has 0 radical (unpaired) electrons. The van der Waals surface area contributed by atoms with Crippen molar-refractivity contribution >= 4 is 34.0 Å². The summed E-state index contributed by atoms with van der Waals surface area (Å²) < 4.78 is 20.3. The van der Waals surface area contributed by atoms with Gasteiger partial charge >= 0.3 is 0 Å². The number of halogens is 2. The minimum Gasteiger partial charge on any atom is -0.338 e. The third kappa shape index (κ3) is 4.29. The van der Waals surface area contributed by atoms with Crippen molar-refractivity contribution in [3.8, 4) is 0 Å². The molecule has 1 aliphatic rings. The van der Waals surface area contributed by atoms with Gasteiger partial charge in [0.25, 0.3) is 5.91 Å². The summed E-state index contributed by atoms with van der Waals surface area (Å²) in [5.41, 5.74) is 0.960. The number of anilines is 1. The van der Waals surface area contributed by atoms with Gasteiger partial charge in [0.1, 0.15) is 0 Å². The first-order valence-corrected chi connectivity index (χ1v) is 8.47. The van der Waals surface area contributed by atoms with Gasteiger partial charge in [0.05, 0.1) is 6.61 Å². The second kappa shape index (κ2) is 7.25. The number of benzene rings is 1. The van der Waals surface area contributed by atoms with E-state index in [2.05, 4.69) is 10.3 Å². The Balaban J connectivity index is 1.67. The minimum atomic E-state index is -2.04. The number of alkyl halides is 1. The molecular weight excluding hydrogens is 351 g/mol. The summed E-state index contributed by atoms with van der Waals surface area (Å²) in [7, 11) is 0. The van der Waals surface area contributed by atoms with Gasteiger partial charge in [-0.1, -0.05) is 35.9 Å². The number of thiazole rings is 1. The highest BCUT2D eigenvalue weighted by Gasteiger charge is 2.31. The summed E-state index contributed by atoms with van der Waals surface area (Å²) in [6.07, 6.45) is 5.97. The van der Waals surface area contributed by atoms with E-state index in [4.69, 9.17) is 16.3 Å². The Kier molecular flexibility index (Phi) is 5.08. The molecule has 4 nitrogen and oxygen atoms in total. The van der Waals surface area contributed by atoms with Crippen molar-refractivity contribution in [3.63, 3.8) is 0 Å². The summed E-state index contributed by atoms with van der Waals surface area (Å²) in [5, 5.41) is 5.39. The number of ether oxygens (including phenoxy) is 1. The average molecular weight is 365 g/mol. The maximum absolute atomic E-state index is 14.9. The maximum atomic E-state index is 14.9. The normalized spacial score (nSPS) is 19.8. The molecule has 24 heavy (non-hydrogen) atoms. The number of nitrogens with one attached hydrogen (secondary N) is 1. The molecule has 3 rings (SSSR count). The summed E-state index contributed by atoms with van der Waals surface area (Å²) >= 11 is 7.20. The summed E-state index contributed by atoms with van der Waals surface area (Å²) in [5.74, 6) is -2.46. The lowest BCUT2D eigenvalue weighted by atomic mass is 10.0. The molecule has 0 aliphatic heterocycles. The van der Waals surface area contributed by atoms with Gasteiger partial charge in [-0.3, -0.25) is 10.1 Å². The first-order valence-electron chi connectivity index (χ1n) is 7.22. The zero-order chi connectivity index (χ0) is 17.0. The predicted octanol–water partition coefficient (Wildman–Crippen LogP) is 4.50. The van der Waals surface area contributed by atoms with Gasteiger partial charge in [0.15, 0.2) is 5.13 Å². The van der Waals surface area contributed by atoms with Crippen molar-refractivity contribution in [3.05, 3.63) is 70.2 Å². The molecule has 1 heterocycles. The van der Waals surface area contributed by atoms with E-state index < -0.39 is 11.8 Å². The van der Waals surface area contributed by atoms with Crippen molar-refractivity contribution in [2.24, 2.45) is 0 Å². The number of aromatic nitrogens is 1. The molecular formula is C17H14ClFN2O2S. The van der Waals surface area contributed by atoms with Gasteiger partial charge in [-0.2, -0.15) is 0 Å². The second-order valence-corrected chi connectivity index (χ2v) is 6.53. The van der Waals surface area contributed by atoms with Crippen LogP contribution in [-0.2, 0) is 16.1 Å². The van der Waals surface area contributed by atoms with Crippen LogP contribution in [0.4, 0.5) is 9.52 Å². The Labute approximate surface area is 147 Å². The third-order valence-electron chi connectivity index (χ3n) is 3.35. The number of rotatable bonds is 5. The average Bonchev–Trinajstić information content (AvgIpc) is 3.06. The van der Waals surface area contributed by atoms with E-state index >= 15 is 0 Å². The molecule has 0 fully saturated rings. The molecule has 1 aromatic heterocycles. The van der Waals surface area contributed by atoms with Gasteiger partial charge in [0, 0.05) is 28.6 Å². The molecule has 0 saturated heterocycles. The Morgan fingerprint density at radius 1 is 1.50 bits per heavy atom. The second-order valence-electron chi connectivity index (χ2n) is 5.20.